The second-order valence-electron chi connectivity index (χ2n) is 11.3. The van der Waals surface area contributed by atoms with Gasteiger partial charge in [0, 0.05) is 9.75 Å². The highest BCUT2D eigenvalue weighted by atomic mass is 32.1. The quantitative estimate of drug-likeness (QED) is 0.314. The van der Waals surface area contributed by atoms with Crippen molar-refractivity contribution >= 4 is 57.7 Å². The Labute approximate surface area is 250 Å². The summed E-state index contributed by atoms with van der Waals surface area (Å²) in [7, 11) is 0. The van der Waals surface area contributed by atoms with E-state index in [9.17, 15) is 19.2 Å². The van der Waals surface area contributed by atoms with Gasteiger partial charge in [-0.3, -0.25) is 19.2 Å². The van der Waals surface area contributed by atoms with E-state index in [4.69, 9.17) is 0 Å². The molecule has 4 aromatic rings. The molecule has 0 N–H and O–H groups in total. The van der Waals surface area contributed by atoms with Gasteiger partial charge in [0.2, 0.25) is 11.8 Å². The zero-order valence-corrected chi connectivity index (χ0v) is 24.4. The fourth-order valence-corrected chi connectivity index (χ4v) is 9.09. The number of anilines is 2. The second kappa shape index (κ2) is 9.27. The average Bonchev–Trinajstić information content (AvgIpc) is 3.79. The summed E-state index contributed by atoms with van der Waals surface area (Å²) in [5, 5.41) is 7.74. The van der Waals surface area contributed by atoms with Gasteiger partial charge in [0.05, 0.1) is 35.3 Å². The van der Waals surface area contributed by atoms with E-state index in [-0.39, 0.29) is 23.6 Å². The molecule has 8 rings (SSSR count). The van der Waals surface area contributed by atoms with Crippen molar-refractivity contribution in [3.05, 3.63) is 104 Å². The van der Waals surface area contributed by atoms with Crippen molar-refractivity contribution in [2.75, 3.05) is 9.80 Å². The topological polar surface area (TPSA) is 81.2 Å². The molecule has 4 saturated heterocycles. The van der Waals surface area contributed by atoms with E-state index >= 15 is 0 Å². The molecule has 6 heterocycles. The first-order valence-corrected chi connectivity index (χ1v) is 15.6. The Morgan fingerprint density at radius 2 is 0.952 bits per heavy atom. The summed E-state index contributed by atoms with van der Waals surface area (Å²) in [6.45, 7) is 3.86. The molecule has 4 aliphatic heterocycles. The maximum atomic E-state index is 14.4. The van der Waals surface area contributed by atoms with E-state index in [1.165, 1.54) is 32.5 Å². The van der Waals surface area contributed by atoms with Crippen LogP contribution in [0.25, 0.3) is 0 Å². The van der Waals surface area contributed by atoms with Crippen LogP contribution in [-0.2, 0) is 19.2 Å². The Hall–Kier alpha value is -3.96. The fourth-order valence-electron chi connectivity index (χ4n) is 7.35. The maximum absolute atomic E-state index is 14.4. The van der Waals surface area contributed by atoms with E-state index in [1.807, 2.05) is 95.3 Å². The molecule has 2 aromatic carbocycles. The minimum Gasteiger partial charge on any atom is -0.274 e. The van der Waals surface area contributed by atoms with Gasteiger partial charge < -0.3 is 0 Å². The van der Waals surface area contributed by atoms with Gasteiger partial charge in [-0.1, -0.05) is 36.4 Å². The molecule has 4 fully saturated rings. The molecule has 42 heavy (non-hydrogen) atoms. The smallest absolute Gasteiger partial charge is 0.253 e. The lowest BCUT2D eigenvalue weighted by molar-refractivity contribution is -0.135. The zero-order valence-electron chi connectivity index (χ0n) is 22.8. The van der Waals surface area contributed by atoms with Crippen LogP contribution >= 0.6 is 22.7 Å². The largest absolute Gasteiger partial charge is 0.274 e. The molecule has 4 amide bonds. The number of imide groups is 2. The van der Waals surface area contributed by atoms with Crippen LogP contribution in [-0.4, -0.2) is 45.7 Å². The molecule has 0 bridgehead atoms. The Kier molecular flexibility index (Phi) is 5.68. The number of nitrogens with zero attached hydrogens (tertiary/aromatic N) is 4. The van der Waals surface area contributed by atoms with Gasteiger partial charge in [0.15, 0.2) is 0 Å². The van der Waals surface area contributed by atoms with Crippen LogP contribution in [0.15, 0.2) is 83.6 Å². The Balaban J connectivity index is 1.31. The van der Waals surface area contributed by atoms with Gasteiger partial charge in [-0.15, -0.1) is 22.7 Å². The third-order valence-corrected chi connectivity index (χ3v) is 10.8. The number of thiophene rings is 2. The SMILES string of the molecule is Cc1cccc(N2C(=O)[C@@H]3[C@@H](C2=O)N2[C@@H](c4cccs4)[C@@H]4C(=O)N(c5cccc(C)c5)C(=O)[C@@H]4N2[C@@H]3c2cccs2)c1. The molecular formula is C32H26N4O4S2. The zero-order chi connectivity index (χ0) is 28.9. The molecular weight excluding hydrogens is 569 g/mol. The number of aryl methyl sites for hydroxylation is 2. The molecule has 0 aliphatic carbocycles. The highest BCUT2D eigenvalue weighted by Crippen LogP contribution is 2.60. The van der Waals surface area contributed by atoms with Crippen molar-refractivity contribution in [2.24, 2.45) is 11.8 Å². The first-order valence-electron chi connectivity index (χ1n) is 13.9. The van der Waals surface area contributed by atoms with Crippen molar-refractivity contribution < 1.29 is 19.2 Å². The van der Waals surface area contributed by atoms with Gasteiger partial charge in [0.25, 0.3) is 11.8 Å². The average molecular weight is 595 g/mol. The van der Waals surface area contributed by atoms with Crippen LogP contribution in [0.5, 0.6) is 0 Å². The van der Waals surface area contributed by atoms with Gasteiger partial charge in [-0.05, 0) is 72.1 Å². The van der Waals surface area contributed by atoms with E-state index in [2.05, 4.69) is 0 Å². The first-order chi connectivity index (χ1) is 20.4. The van der Waals surface area contributed by atoms with Crippen LogP contribution in [0.4, 0.5) is 11.4 Å². The van der Waals surface area contributed by atoms with Gasteiger partial charge in [-0.2, -0.15) is 0 Å². The van der Waals surface area contributed by atoms with Crippen LogP contribution in [0.1, 0.15) is 33.0 Å². The number of carbonyl (C=O) groups excluding carboxylic acids is 4. The number of fused-ring (bicyclic) bond motifs is 5. The molecule has 10 heteroatoms. The van der Waals surface area contributed by atoms with Crippen molar-refractivity contribution in [2.45, 2.75) is 38.0 Å². The molecule has 8 nitrogen and oxygen atoms in total. The number of benzene rings is 2. The Morgan fingerprint density at radius 1 is 0.524 bits per heavy atom. The Bertz CT molecular complexity index is 1640. The lowest BCUT2D eigenvalue weighted by atomic mass is 9.88. The number of rotatable bonds is 4. The summed E-state index contributed by atoms with van der Waals surface area (Å²) in [4.78, 5) is 61.7. The summed E-state index contributed by atoms with van der Waals surface area (Å²) < 4.78 is 0. The molecule has 0 spiro atoms. The minimum absolute atomic E-state index is 0.280. The number of hydrogen-bond acceptors (Lipinski definition) is 8. The van der Waals surface area contributed by atoms with Gasteiger partial charge in [0.1, 0.15) is 12.1 Å². The highest BCUT2D eigenvalue weighted by molar-refractivity contribution is 7.10. The third-order valence-electron chi connectivity index (χ3n) is 8.91. The number of carbonyl (C=O) groups is 4. The number of amides is 4. The normalized spacial score (nSPS) is 29.1. The standard InChI is InChI=1S/C32H26N4O4S2/c1-17-7-3-9-19(15-17)33-29(37)23-25(21-11-5-13-41-21)36-28-24(26(22-12-6-14-42-22)35(36)27(23)31(33)39)30(38)34(32(28)40)20-10-4-8-18(2)16-20/h3-16,23-28H,1-2H3/t23-,24-,25-,26+,27+,28-/m0/s1. The predicted octanol–water partition coefficient (Wildman–Crippen LogP) is 4.87. The van der Waals surface area contributed by atoms with Crippen molar-refractivity contribution in [1.82, 2.24) is 10.0 Å². The molecule has 6 atom stereocenters. The minimum atomic E-state index is -0.837. The lowest BCUT2D eigenvalue weighted by Crippen LogP contribution is -2.50. The van der Waals surface area contributed by atoms with E-state index < -0.39 is 36.0 Å². The van der Waals surface area contributed by atoms with E-state index in [1.54, 1.807) is 12.1 Å². The summed E-state index contributed by atoms with van der Waals surface area (Å²) in [5.41, 5.74) is 2.98. The molecule has 4 aliphatic rings. The van der Waals surface area contributed by atoms with Crippen molar-refractivity contribution in [3.63, 3.8) is 0 Å². The third kappa shape index (κ3) is 3.40. The first kappa shape index (κ1) is 25.7. The molecule has 0 unspecified atom stereocenters. The molecule has 2 aromatic heterocycles. The van der Waals surface area contributed by atoms with Crippen molar-refractivity contribution in [1.29, 1.82) is 0 Å². The fraction of sp³-hybridized carbons (Fsp3) is 0.250. The maximum Gasteiger partial charge on any atom is 0.253 e. The van der Waals surface area contributed by atoms with Crippen molar-refractivity contribution in [3.8, 4) is 0 Å². The van der Waals surface area contributed by atoms with Crippen LogP contribution in [0, 0.1) is 25.7 Å². The lowest BCUT2D eigenvalue weighted by Gasteiger charge is -2.35. The molecule has 0 saturated carbocycles. The Morgan fingerprint density at radius 3 is 1.31 bits per heavy atom. The predicted molar refractivity (Wildman–Crippen MR) is 160 cm³/mol. The number of hydrogen-bond donors (Lipinski definition) is 0. The highest BCUT2D eigenvalue weighted by Gasteiger charge is 2.74. The van der Waals surface area contributed by atoms with Gasteiger partial charge in [-0.25, -0.2) is 19.8 Å². The summed E-state index contributed by atoms with van der Waals surface area (Å²) in [6.07, 6.45) is 0. The van der Waals surface area contributed by atoms with Crippen LogP contribution in [0.2, 0.25) is 0 Å². The summed E-state index contributed by atoms with van der Waals surface area (Å²) >= 11 is 2.99. The summed E-state index contributed by atoms with van der Waals surface area (Å²) in [5.74, 6) is -2.66. The molecule has 210 valence electrons. The second-order valence-corrected chi connectivity index (χ2v) is 13.3. The molecule has 0 radical (unpaired) electrons. The van der Waals surface area contributed by atoms with E-state index in [0.717, 1.165) is 20.9 Å². The number of hydrazine groups is 1. The monoisotopic (exact) mass is 594 g/mol. The van der Waals surface area contributed by atoms with E-state index in [0.29, 0.717) is 11.4 Å². The van der Waals surface area contributed by atoms with Crippen LogP contribution in [0.3, 0.4) is 0 Å². The van der Waals surface area contributed by atoms with Crippen LogP contribution < -0.4 is 9.80 Å². The van der Waals surface area contributed by atoms with Gasteiger partial charge >= 0.3 is 0 Å². The summed E-state index contributed by atoms with van der Waals surface area (Å²) in [6, 6.07) is 19.7.